The number of nitrogens with two attached hydrogens (primary N) is 1. The first-order valence-electron chi connectivity index (χ1n) is 7.22. The van der Waals surface area contributed by atoms with Gasteiger partial charge in [-0.05, 0) is 19.1 Å². The van der Waals surface area contributed by atoms with Gasteiger partial charge in [0.2, 0.25) is 11.8 Å². The Morgan fingerprint density at radius 2 is 2.04 bits per heavy atom. The predicted octanol–water partition coefficient (Wildman–Crippen LogP) is 2.77. The molecule has 0 aliphatic rings. The van der Waals surface area contributed by atoms with Gasteiger partial charge in [-0.2, -0.15) is 0 Å². The molecule has 1 unspecified atom stereocenters. The fourth-order valence-electron chi connectivity index (χ4n) is 1.83. The van der Waals surface area contributed by atoms with Crippen LogP contribution < -0.4 is 16.4 Å². The number of rotatable bonds is 6. The number of carbonyl (C=O) groups is 2. The van der Waals surface area contributed by atoms with Crippen LogP contribution >= 0.6 is 35.1 Å². The molecule has 6 nitrogen and oxygen atoms in total. The highest BCUT2D eigenvalue weighted by atomic mass is 35.5. The molecular weight excluding hydrogens is 368 g/mol. The molecule has 0 spiro atoms. The number of carbonyl (C=O) groups excluding carboxylic acids is 2. The Morgan fingerprint density at radius 3 is 2.67 bits per heavy atom. The smallest absolute Gasteiger partial charge is 0.230 e. The molecule has 0 radical (unpaired) electrons. The fourth-order valence-corrected chi connectivity index (χ4v) is 3.72. The van der Waals surface area contributed by atoms with Crippen molar-refractivity contribution in [1.29, 1.82) is 0 Å². The molecule has 9 heteroatoms. The van der Waals surface area contributed by atoms with Crippen LogP contribution in [-0.4, -0.2) is 23.3 Å². The van der Waals surface area contributed by atoms with Crippen LogP contribution in [-0.2, 0) is 16.1 Å². The molecule has 2 amide bonds. The summed E-state index contributed by atoms with van der Waals surface area (Å²) in [5, 5.41) is 6.17. The summed E-state index contributed by atoms with van der Waals surface area (Å²) >= 11 is 3.03. The zero-order valence-electron chi connectivity index (χ0n) is 13.7. The van der Waals surface area contributed by atoms with E-state index in [2.05, 4.69) is 15.6 Å². The van der Waals surface area contributed by atoms with Gasteiger partial charge >= 0.3 is 0 Å². The zero-order valence-corrected chi connectivity index (χ0v) is 16.2. The first-order valence-corrected chi connectivity index (χ1v) is 8.86. The molecule has 0 aliphatic heterocycles. The average molecular weight is 389 g/mol. The van der Waals surface area contributed by atoms with Crippen molar-refractivity contribution in [3.8, 4) is 10.6 Å². The van der Waals surface area contributed by atoms with E-state index in [1.807, 2.05) is 19.1 Å². The Bertz CT molecular complexity index is 714. The normalized spacial score (nSPS) is 11.5. The second-order valence-corrected chi connectivity index (χ2v) is 7.60. The second kappa shape index (κ2) is 9.12. The number of anilines is 1. The van der Waals surface area contributed by atoms with Crippen molar-refractivity contribution in [2.75, 3.05) is 11.9 Å². The molecule has 0 saturated heterocycles. The van der Waals surface area contributed by atoms with E-state index in [1.54, 1.807) is 18.3 Å². The van der Waals surface area contributed by atoms with E-state index in [0.717, 1.165) is 20.3 Å². The van der Waals surface area contributed by atoms with Crippen molar-refractivity contribution in [1.82, 2.24) is 10.3 Å². The van der Waals surface area contributed by atoms with E-state index >= 15 is 0 Å². The lowest BCUT2D eigenvalue weighted by Crippen LogP contribution is -2.26. The van der Waals surface area contributed by atoms with Gasteiger partial charge in [-0.3, -0.25) is 9.59 Å². The van der Waals surface area contributed by atoms with Crippen LogP contribution in [0.3, 0.4) is 0 Å². The SMILES string of the molecule is CC(=O)NCc1ccc(-c2nc(NC(=O)C(C)CN)sc2C)s1.Cl. The monoisotopic (exact) mass is 388 g/mol. The number of hydrogen-bond acceptors (Lipinski definition) is 6. The van der Waals surface area contributed by atoms with Gasteiger partial charge in [0.25, 0.3) is 0 Å². The summed E-state index contributed by atoms with van der Waals surface area (Å²) in [4.78, 5) is 30.5. The lowest BCUT2D eigenvalue weighted by molar-refractivity contribution is -0.119. The number of aromatic nitrogens is 1. The standard InChI is InChI=1S/C15H20N4O2S2.ClH/c1-8(6-16)14(21)19-15-18-13(9(2)22-15)12-5-4-11(23-12)7-17-10(3)20;/h4-5,8H,6-7,16H2,1-3H3,(H,17,20)(H,18,19,21);1H. The van der Waals surface area contributed by atoms with Crippen LogP contribution in [0, 0.1) is 12.8 Å². The van der Waals surface area contributed by atoms with Crippen molar-refractivity contribution in [3.63, 3.8) is 0 Å². The van der Waals surface area contributed by atoms with Gasteiger partial charge < -0.3 is 16.4 Å². The molecule has 0 bridgehead atoms. The molecule has 0 saturated carbocycles. The van der Waals surface area contributed by atoms with E-state index in [9.17, 15) is 9.59 Å². The van der Waals surface area contributed by atoms with Crippen molar-refractivity contribution in [2.24, 2.45) is 11.7 Å². The molecule has 0 aliphatic carbocycles. The Kier molecular flexibility index (Phi) is 7.82. The number of nitrogens with one attached hydrogen (secondary N) is 2. The Balaban J connectivity index is 0.00000288. The average Bonchev–Trinajstić information content (AvgIpc) is 3.10. The third-order valence-electron chi connectivity index (χ3n) is 3.23. The minimum atomic E-state index is -0.242. The van der Waals surface area contributed by atoms with Crippen LogP contribution in [0.1, 0.15) is 23.6 Å². The molecule has 132 valence electrons. The van der Waals surface area contributed by atoms with E-state index < -0.39 is 0 Å². The molecule has 0 aromatic carbocycles. The summed E-state index contributed by atoms with van der Waals surface area (Å²) in [6, 6.07) is 3.96. The summed E-state index contributed by atoms with van der Waals surface area (Å²) < 4.78 is 0. The molecule has 0 fully saturated rings. The van der Waals surface area contributed by atoms with Crippen LogP contribution in [0.25, 0.3) is 10.6 Å². The quantitative estimate of drug-likeness (QED) is 0.708. The van der Waals surface area contributed by atoms with Crippen LogP contribution in [0.5, 0.6) is 0 Å². The summed E-state index contributed by atoms with van der Waals surface area (Å²) in [6.45, 7) is 6.07. The van der Waals surface area contributed by atoms with Gasteiger partial charge in [0.1, 0.15) is 0 Å². The molecule has 2 rings (SSSR count). The first kappa shape index (κ1) is 20.6. The van der Waals surface area contributed by atoms with E-state index in [-0.39, 0.29) is 30.1 Å². The molecular formula is C15H21ClN4O2S2. The Morgan fingerprint density at radius 1 is 1.33 bits per heavy atom. The van der Waals surface area contributed by atoms with Crippen molar-refractivity contribution in [3.05, 3.63) is 21.9 Å². The Hall–Kier alpha value is -1.48. The number of amides is 2. The molecule has 2 aromatic heterocycles. The summed E-state index contributed by atoms with van der Waals surface area (Å²) in [6.07, 6.45) is 0. The van der Waals surface area contributed by atoms with E-state index in [0.29, 0.717) is 18.2 Å². The van der Waals surface area contributed by atoms with Gasteiger partial charge in [0, 0.05) is 29.1 Å². The van der Waals surface area contributed by atoms with Crippen LogP contribution in [0.2, 0.25) is 0 Å². The maximum absolute atomic E-state index is 11.9. The van der Waals surface area contributed by atoms with Gasteiger partial charge in [0.05, 0.1) is 17.1 Å². The third kappa shape index (κ3) is 5.27. The highest BCUT2D eigenvalue weighted by Crippen LogP contribution is 2.34. The Labute approximate surface area is 155 Å². The van der Waals surface area contributed by atoms with Crippen LogP contribution in [0.4, 0.5) is 5.13 Å². The lowest BCUT2D eigenvalue weighted by Gasteiger charge is -2.06. The fraction of sp³-hybridized carbons (Fsp3) is 0.400. The van der Waals surface area contributed by atoms with Gasteiger partial charge in [0.15, 0.2) is 5.13 Å². The topological polar surface area (TPSA) is 97.1 Å². The molecule has 4 N–H and O–H groups in total. The molecule has 2 aromatic rings. The summed E-state index contributed by atoms with van der Waals surface area (Å²) in [5.74, 6) is -0.414. The van der Waals surface area contributed by atoms with Crippen LogP contribution in [0.15, 0.2) is 12.1 Å². The minimum Gasteiger partial charge on any atom is -0.351 e. The van der Waals surface area contributed by atoms with Crippen molar-refractivity contribution >= 4 is 52.0 Å². The molecule has 1 atom stereocenters. The van der Waals surface area contributed by atoms with E-state index in [1.165, 1.54) is 18.3 Å². The number of halogens is 1. The number of thiazole rings is 1. The summed E-state index contributed by atoms with van der Waals surface area (Å²) in [5.41, 5.74) is 6.36. The number of thiophene rings is 1. The van der Waals surface area contributed by atoms with Gasteiger partial charge in [-0.25, -0.2) is 4.98 Å². The number of aryl methyl sites for hydroxylation is 1. The van der Waals surface area contributed by atoms with Crippen molar-refractivity contribution < 1.29 is 9.59 Å². The highest BCUT2D eigenvalue weighted by molar-refractivity contribution is 7.18. The summed E-state index contributed by atoms with van der Waals surface area (Å²) in [7, 11) is 0. The van der Waals surface area contributed by atoms with E-state index in [4.69, 9.17) is 5.73 Å². The first-order chi connectivity index (χ1) is 10.9. The lowest BCUT2D eigenvalue weighted by atomic mass is 10.2. The largest absolute Gasteiger partial charge is 0.351 e. The molecule has 24 heavy (non-hydrogen) atoms. The highest BCUT2D eigenvalue weighted by Gasteiger charge is 2.16. The van der Waals surface area contributed by atoms with Crippen molar-refractivity contribution in [2.45, 2.75) is 27.3 Å². The third-order valence-corrected chi connectivity index (χ3v) is 5.21. The predicted molar refractivity (Wildman–Crippen MR) is 102 cm³/mol. The molecule has 2 heterocycles. The number of nitrogens with zero attached hydrogens (tertiary/aromatic N) is 1. The maximum Gasteiger partial charge on any atom is 0.230 e. The van der Waals surface area contributed by atoms with Gasteiger partial charge in [-0.1, -0.05) is 6.92 Å². The van der Waals surface area contributed by atoms with Gasteiger partial charge in [-0.15, -0.1) is 35.1 Å². The number of hydrogen-bond donors (Lipinski definition) is 3. The maximum atomic E-state index is 11.9. The zero-order chi connectivity index (χ0) is 17.0. The minimum absolute atomic E-state index is 0. The second-order valence-electron chi connectivity index (χ2n) is 5.23.